The largest absolute Gasteiger partial charge is 0.447 e. The summed E-state index contributed by atoms with van der Waals surface area (Å²) in [7, 11) is -1.52. The predicted molar refractivity (Wildman–Crippen MR) is 141 cm³/mol. The van der Waals surface area contributed by atoms with E-state index in [0.29, 0.717) is 47.8 Å². The third kappa shape index (κ3) is 5.75. The molecule has 10 heteroatoms. The number of carbonyl (C=O) groups is 2. The van der Waals surface area contributed by atoms with Crippen molar-refractivity contribution < 1.29 is 23.3 Å². The van der Waals surface area contributed by atoms with E-state index in [1.807, 2.05) is 31.2 Å². The van der Waals surface area contributed by atoms with Gasteiger partial charge in [0.05, 0.1) is 16.5 Å². The highest BCUT2D eigenvalue weighted by atomic mass is 32.2. The van der Waals surface area contributed by atoms with Crippen LogP contribution in [0.25, 0.3) is 10.9 Å². The van der Waals surface area contributed by atoms with Crippen LogP contribution < -0.4 is 4.72 Å². The Hall–Kier alpha value is -3.50. The number of rotatable bonds is 6. The molecule has 194 valence electrons. The van der Waals surface area contributed by atoms with Crippen LogP contribution in [0.3, 0.4) is 0 Å². The quantitative estimate of drug-likeness (QED) is 0.529. The first-order chi connectivity index (χ1) is 18.0. The SMILES string of the molecule is Cc1cc(C(=O)N2CCN(C(=O)OCC3CCCO3)CC2)ccc1NS(=O)c1cccc2cccnc12. The monoisotopic (exact) mass is 522 g/mol. The summed E-state index contributed by atoms with van der Waals surface area (Å²) in [5.41, 5.74) is 2.73. The predicted octanol–water partition coefficient (Wildman–Crippen LogP) is 3.75. The van der Waals surface area contributed by atoms with E-state index in [-0.39, 0.29) is 24.7 Å². The van der Waals surface area contributed by atoms with Crippen LogP contribution in [-0.4, -0.2) is 76.5 Å². The molecule has 0 saturated carbocycles. The van der Waals surface area contributed by atoms with Crippen LogP contribution in [0.5, 0.6) is 0 Å². The molecule has 0 radical (unpaired) electrons. The van der Waals surface area contributed by atoms with Crippen molar-refractivity contribution in [1.29, 1.82) is 0 Å². The number of hydrogen-bond acceptors (Lipinski definition) is 6. The van der Waals surface area contributed by atoms with Crippen LogP contribution >= 0.6 is 0 Å². The maximum absolute atomic E-state index is 13.1. The van der Waals surface area contributed by atoms with E-state index in [4.69, 9.17) is 9.47 Å². The van der Waals surface area contributed by atoms with Crippen molar-refractivity contribution in [2.75, 3.05) is 44.1 Å². The number of nitrogens with one attached hydrogen (secondary N) is 1. The zero-order valence-electron chi connectivity index (χ0n) is 20.7. The molecular weight excluding hydrogens is 492 g/mol. The van der Waals surface area contributed by atoms with Crippen molar-refractivity contribution in [2.45, 2.75) is 30.8 Å². The van der Waals surface area contributed by atoms with Crippen LogP contribution in [0.1, 0.15) is 28.8 Å². The number of benzene rings is 2. The maximum atomic E-state index is 13.1. The summed E-state index contributed by atoms with van der Waals surface area (Å²) in [6.45, 7) is 4.59. The molecule has 37 heavy (non-hydrogen) atoms. The van der Waals surface area contributed by atoms with Crippen molar-refractivity contribution >= 4 is 39.6 Å². The first-order valence-corrected chi connectivity index (χ1v) is 13.6. The summed E-state index contributed by atoms with van der Waals surface area (Å²) >= 11 is 0. The molecule has 2 unspecified atom stereocenters. The Kier molecular flexibility index (Phi) is 7.66. The van der Waals surface area contributed by atoms with Gasteiger partial charge in [-0.2, -0.15) is 0 Å². The number of aromatic nitrogens is 1. The summed E-state index contributed by atoms with van der Waals surface area (Å²) < 4.78 is 27.0. The average Bonchev–Trinajstić information content (AvgIpc) is 3.46. The van der Waals surface area contributed by atoms with Gasteiger partial charge in [0, 0.05) is 55.6 Å². The number of pyridine rings is 1. The Balaban J connectivity index is 1.17. The lowest BCUT2D eigenvalue weighted by atomic mass is 10.1. The average molecular weight is 523 g/mol. The van der Waals surface area contributed by atoms with Gasteiger partial charge in [-0.3, -0.25) is 9.78 Å². The van der Waals surface area contributed by atoms with Crippen LogP contribution in [0.15, 0.2) is 59.6 Å². The number of piperazine rings is 1. The molecule has 0 bridgehead atoms. The molecule has 2 aliphatic heterocycles. The smallest absolute Gasteiger partial charge is 0.409 e. The van der Waals surface area contributed by atoms with Crippen LogP contribution in [-0.2, 0) is 20.5 Å². The Morgan fingerprint density at radius 1 is 1.11 bits per heavy atom. The first-order valence-electron chi connectivity index (χ1n) is 12.4. The fourth-order valence-electron chi connectivity index (χ4n) is 4.60. The molecule has 0 aliphatic carbocycles. The lowest BCUT2D eigenvalue weighted by molar-refractivity contribution is 0.0225. The van der Waals surface area contributed by atoms with E-state index < -0.39 is 11.0 Å². The van der Waals surface area contributed by atoms with Gasteiger partial charge >= 0.3 is 6.09 Å². The van der Waals surface area contributed by atoms with Crippen LogP contribution in [0, 0.1) is 6.92 Å². The molecule has 2 atom stereocenters. The molecule has 3 heterocycles. The number of aryl methyl sites for hydroxylation is 1. The third-order valence-electron chi connectivity index (χ3n) is 6.71. The number of nitrogens with zero attached hydrogens (tertiary/aromatic N) is 3. The number of amides is 2. The van der Waals surface area contributed by atoms with Crippen LogP contribution in [0.4, 0.5) is 10.5 Å². The Morgan fingerprint density at radius 3 is 2.65 bits per heavy atom. The number of fused-ring (bicyclic) bond motifs is 1. The highest BCUT2D eigenvalue weighted by Gasteiger charge is 2.27. The van der Waals surface area contributed by atoms with Gasteiger partial charge in [-0.15, -0.1) is 0 Å². The highest BCUT2D eigenvalue weighted by molar-refractivity contribution is 7.86. The van der Waals surface area contributed by atoms with E-state index in [1.165, 1.54) is 0 Å². The molecule has 2 fully saturated rings. The number of anilines is 1. The van der Waals surface area contributed by atoms with Gasteiger partial charge < -0.3 is 24.0 Å². The van der Waals surface area contributed by atoms with E-state index in [2.05, 4.69) is 9.71 Å². The fourth-order valence-corrected chi connectivity index (χ4v) is 5.68. The summed E-state index contributed by atoms with van der Waals surface area (Å²) in [4.78, 5) is 33.8. The topological polar surface area (TPSA) is 101 Å². The number of carbonyl (C=O) groups excluding carboxylic acids is 2. The van der Waals surface area contributed by atoms with Gasteiger partial charge in [0.25, 0.3) is 5.91 Å². The normalized spacial score (nSPS) is 18.6. The molecule has 2 aliphatic rings. The first kappa shape index (κ1) is 25.2. The molecule has 0 spiro atoms. The minimum atomic E-state index is -1.52. The Labute approximate surface area is 218 Å². The molecule has 5 rings (SSSR count). The second-order valence-electron chi connectivity index (χ2n) is 9.22. The minimum Gasteiger partial charge on any atom is -0.447 e. The zero-order chi connectivity index (χ0) is 25.8. The van der Waals surface area contributed by atoms with Crippen molar-refractivity contribution in [3.63, 3.8) is 0 Å². The van der Waals surface area contributed by atoms with E-state index >= 15 is 0 Å². The molecule has 1 aromatic heterocycles. The van der Waals surface area contributed by atoms with Gasteiger partial charge in [0.2, 0.25) is 0 Å². The minimum absolute atomic E-state index is 0.00588. The van der Waals surface area contributed by atoms with Gasteiger partial charge in [-0.25, -0.2) is 9.00 Å². The van der Waals surface area contributed by atoms with Gasteiger partial charge in [-0.1, -0.05) is 18.2 Å². The molecule has 1 N–H and O–H groups in total. The highest BCUT2D eigenvalue weighted by Crippen LogP contribution is 2.24. The maximum Gasteiger partial charge on any atom is 0.409 e. The lowest BCUT2D eigenvalue weighted by Crippen LogP contribution is -2.51. The number of ether oxygens (including phenoxy) is 2. The molecule has 9 nitrogen and oxygen atoms in total. The van der Waals surface area contributed by atoms with Crippen molar-refractivity contribution in [3.8, 4) is 0 Å². The molecule has 3 aromatic rings. The summed E-state index contributed by atoms with van der Waals surface area (Å²) in [5.74, 6) is -0.0959. The van der Waals surface area contributed by atoms with Gasteiger partial charge in [-0.05, 0) is 55.7 Å². The molecular formula is C27H30N4O5S. The van der Waals surface area contributed by atoms with E-state index in [9.17, 15) is 13.8 Å². The summed E-state index contributed by atoms with van der Waals surface area (Å²) in [6, 6.07) is 14.7. The Morgan fingerprint density at radius 2 is 1.89 bits per heavy atom. The van der Waals surface area contributed by atoms with Gasteiger partial charge in [0.1, 0.15) is 6.61 Å². The summed E-state index contributed by atoms with van der Waals surface area (Å²) in [6.07, 6.45) is 3.23. The molecule has 2 amide bonds. The number of para-hydroxylation sites is 1. The van der Waals surface area contributed by atoms with E-state index in [0.717, 1.165) is 30.4 Å². The zero-order valence-corrected chi connectivity index (χ0v) is 21.5. The standard InChI is InChI=1S/C27H30N4O5S/c1-19-17-21(9-10-23(19)29-37(34)24-8-2-5-20-6-3-11-28-25(20)24)26(32)30-12-14-31(15-13-30)27(33)36-18-22-7-4-16-35-22/h2-3,5-6,8-11,17,22,29H,4,7,12-16,18H2,1H3. The van der Waals surface area contributed by atoms with Gasteiger partial charge in [0.15, 0.2) is 11.0 Å². The molecule has 2 saturated heterocycles. The van der Waals surface area contributed by atoms with Crippen molar-refractivity contribution in [3.05, 3.63) is 65.9 Å². The third-order valence-corrected chi connectivity index (χ3v) is 7.85. The molecule has 2 aromatic carbocycles. The van der Waals surface area contributed by atoms with E-state index in [1.54, 1.807) is 40.3 Å². The van der Waals surface area contributed by atoms with Crippen molar-refractivity contribution in [1.82, 2.24) is 14.8 Å². The second kappa shape index (κ2) is 11.3. The van der Waals surface area contributed by atoms with Crippen molar-refractivity contribution in [2.24, 2.45) is 0 Å². The Bertz CT molecular complexity index is 1310. The number of hydrogen-bond donors (Lipinski definition) is 1. The summed E-state index contributed by atoms with van der Waals surface area (Å²) in [5, 5.41) is 0.920. The van der Waals surface area contributed by atoms with Crippen LogP contribution in [0.2, 0.25) is 0 Å². The fraction of sp³-hybridized carbons (Fsp3) is 0.370. The second-order valence-corrected chi connectivity index (χ2v) is 10.4. The lowest BCUT2D eigenvalue weighted by Gasteiger charge is -2.34.